The summed E-state index contributed by atoms with van der Waals surface area (Å²) in [6, 6.07) is 3.78. The normalized spacial score (nSPS) is 13.6. The first-order valence-electron chi connectivity index (χ1n) is 9.31. The van der Waals surface area contributed by atoms with Crippen LogP contribution < -0.4 is 5.32 Å². The number of tetrazole rings is 1. The van der Waals surface area contributed by atoms with E-state index in [9.17, 15) is 4.79 Å². The van der Waals surface area contributed by atoms with E-state index in [0.29, 0.717) is 13.0 Å². The fourth-order valence-corrected chi connectivity index (χ4v) is 2.99. The number of rotatable bonds is 13. The quantitative estimate of drug-likeness (QED) is 0.527. The number of carbonyl (C=O) groups is 1. The Morgan fingerprint density at radius 2 is 2.19 bits per heavy atom. The van der Waals surface area contributed by atoms with Crippen LogP contribution in [0.5, 0.6) is 0 Å². The van der Waals surface area contributed by atoms with Crippen molar-refractivity contribution in [1.29, 1.82) is 0 Å². The van der Waals surface area contributed by atoms with Crippen molar-refractivity contribution in [2.24, 2.45) is 0 Å². The minimum absolute atomic E-state index is 0.176. The Morgan fingerprint density at radius 1 is 1.35 bits per heavy atom. The van der Waals surface area contributed by atoms with Crippen LogP contribution in [0.2, 0.25) is 0 Å². The van der Waals surface area contributed by atoms with Gasteiger partial charge < -0.3 is 9.52 Å². The molecule has 2 aromatic rings. The lowest BCUT2D eigenvalue weighted by Gasteiger charge is -2.29. The molecule has 0 fully saturated rings. The summed E-state index contributed by atoms with van der Waals surface area (Å²) < 4.78 is 7.28. The van der Waals surface area contributed by atoms with Gasteiger partial charge in [0.15, 0.2) is 5.82 Å². The molecule has 0 aliphatic carbocycles. The summed E-state index contributed by atoms with van der Waals surface area (Å²) in [6.45, 7) is 5.57. The van der Waals surface area contributed by atoms with Crippen molar-refractivity contribution in [2.75, 3.05) is 0 Å². The predicted octanol–water partition coefficient (Wildman–Crippen LogP) is 3.11. The van der Waals surface area contributed by atoms with E-state index < -0.39 is 11.5 Å². The molecule has 0 amide bonds. The lowest BCUT2D eigenvalue weighted by molar-refractivity contribution is -0.137. The van der Waals surface area contributed by atoms with Gasteiger partial charge in [-0.3, -0.25) is 10.1 Å². The molecular formula is C18H29N5O3. The number of aliphatic carboxylic acids is 1. The van der Waals surface area contributed by atoms with E-state index >= 15 is 0 Å². The minimum Gasteiger partial charge on any atom is -0.481 e. The molecule has 0 bridgehead atoms. The maximum Gasteiger partial charge on any atom is 0.303 e. The third kappa shape index (κ3) is 5.94. The Morgan fingerprint density at radius 3 is 2.88 bits per heavy atom. The molecule has 0 spiro atoms. The summed E-state index contributed by atoms with van der Waals surface area (Å²) in [5.74, 6) is 0.863. The number of aromatic nitrogens is 4. The second kappa shape index (κ2) is 10.1. The monoisotopic (exact) mass is 363 g/mol. The van der Waals surface area contributed by atoms with E-state index in [1.54, 1.807) is 6.26 Å². The van der Waals surface area contributed by atoms with Crippen molar-refractivity contribution in [1.82, 2.24) is 25.5 Å². The Kier molecular flexibility index (Phi) is 7.77. The second-order valence-corrected chi connectivity index (χ2v) is 6.80. The summed E-state index contributed by atoms with van der Waals surface area (Å²) in [5, 5.41) is 24.7. The van der Waals surface area contributed by atoms with Gasteiger partial charge in [-0.1, -0.05) is 26.2 Å². The summed E-state index contributed by atoms with van der Waals surface area (Å²) in [7, 11) is 0. The van der Waals surface area contributed by atoms with E-state index in [2.05, 4.69) is 34.7 Å². The predicted molar refractivity (Wildman–Crippen MR) is 96.3 cm³/mol. The average Bonchev–Trinajstić information content (AvgIpc) is 3.29. The van der Waals surface area contributed by atoms with Crippen LogP contribution in [-0.4, -0.2) is 31.3 Å². The van der Waals surface area contributed by atoms with Crippen molar-refractivity contribution in [3.63, 3.8) is 0 Å². The zero-order valence-electron chi connectivity index (χ0n) is 15.6. The molecule has 0 aliphatic heterocycles. The number of carboxylic acid groups (broad SMARTS) is 1. The number of unbranched alkanes of at least 4 members (excludes halogenated alkanes) is 3. The van der Waals surface area contributed by atoms with E-state index in [-0.39, 0.29) is 6.42 Å². The number of nitrogens with one attached hydrogen (secondary N) is 1. The standard InChI is InChI=1S/C18H29N5O3/c1-3-4-7-12-23-17(20-21-22-23)18(2,11-6-5-10-16(24)25)19-14-15-9-8-13-26-15/h8-9,13,19H,3-7,10-12,14H2,1-2H3,(H,24,25). The molecule has 2 aromatic heterocycles. The third-order valence-electron chi connectivity index (χ3n) is 4.55. The third-order valence-corrected chi connectivity index (χ3v) is 4.55. The molecule has 2 N–H and O–H groups in total. The van der Waals surface area contributed by atoms with Crippen LogP contribution >= 0.6 is 0 Å². The van der Waals surface area contributed by atoms with Gasteiger partial charge in [-0.2, -0.15) is 0 Å². The number of carboxylic acids is 1. The van der Waals surface area contributed by atoms with Crippen LogP contribution in [0, 0.1) is 0 Å². The van der Waals surface area contributed by atoms with Crippen LogP contribution in [-0.2, 0) is 23.4 Å². The van der Waals surface area contributed by atoms with Gasteiger partial charge in [-0.05, 0) is 48.7 Å². The number of aryl methyl sites for hydroxylation is 1. The maximum absolute atomic E-state index is 10.8. The molecule has 8 heteroatoms. The fourth-order valence-electron chi connectivity index (χ4n) is 2.99. The highest BCUT2D eigenvalue weighted by molar-refractivity contribution is 5.66. The van der Waals surface area contributed by atoms with Crippen molar-refractivity contribution in [3.8, 4) is 0 Å². The molecule has 26 heavy (non-hydrogen) atoms. The van der Waals surface area contributed by atoms with Crippen LogP contribution in [0.15, 0.2) is 22.8 Å². The Balaban J connectivity index is 2.08. The van der Waals surface area contributed by atoms with Gasteiger partial charge in [-0.15, -0.1) is 5.10 Å². The van der Waals surface area contributed by atoms with Crippen LogP contribution in [0.3, 0.4) is 0 Å². The van der Waals surface area contributed by atoms with Crippen molar-refractivity contribution in [3.05, 3.63) is 30.0 Å². The van der Waals surface area contributed by atoms with Crippen molar-refractivity contribution in [2.45, 2.75) is 77.4 Å². The second-order valence-electron chi connectivity index (χ2n) is 6.80. The van der Waals surface area contributed by atoms with Gasteiger partial charge in [-0.25, -0.2) is 4.68 Å². The van der Waals surface area contributed by atoms with Gasteiger partial charge in [0.2, 0.25) is 0 Å². The molecular weight excluding hydrogens is 334 g/mol. The lowest BCUT2D eigenvalue weighted by Crippen LogP contribution is -2.41. The molecule has 0 aromatic carbocycles. The van der Waals surface area contributed by atoms with Crippen LogP contribution in [0.25, 0.3) is 0 Å². The lowest BCUT2D eigenvalue weighted by atomic mass is 9.92. The van der Waals surface area contributed by atoms with E-state index in [0.717, 1.165) is 50.2 Å². The molecule has 0 saturated carbocycles. The first-order valence-corrected chi connectivity index (χ1v) is 9.31. The van der Waals surface area contributed by atoms with Gasteiger partial charge in [0, 0.05) is 13.0 Å². The topological polar surface area (TPSA) is 106 Å². The van der Waals surface area contributed by atoms with Crippen molar-refractivity contribution < 1.29 is 14.3 Å². The van der Waals surface area contributed by atoms with E-state index in [1.807, 2.05) is 16.8 Å². The summed E-state index contributed by atoms with van der Waals surface area (Å²) >= 11 is 0. The Labute approximate surface area is 154 Å². The molecule has 1 unspecified atom stereocenters. The van der Waals surface area contributed by atoms with E-state index in [1.165, 1.54) is 0 Å². The highest BCUT2D eigenvalue weighted by atomic mass is 16.4. The number of hydrogen-bond acceptors (Lipinski definition) is 6. The highest BCUT2D eigenvalue weighted by Crippen LogP contribution is 2.26. The zero-order chi connectivity index (χ0) is 18.8. The van der Waals surface area contributed by atoms with Crippen molar-refractivity contribution >= 4 is 5.97 Å². The summed E-state index contributed by atoms with van der Waals surface area (Å²) in [4.78, 5) is 10.8. The van der Waals surface area contributed by atoms with Crippen LogP contribution in [0.4, 0.5) is 0 Å². The molecule has 2 heterocycles. The first kappa shape index (κ1) is 20.1. The molecule has 0 radical (unpaired) electrons. The molecule has 2 rings (SSSR count). The van der Waals surface area contributed by atoms with Crippen LogP contribution in [0.1, 0.15) is 70.4 Å². The first-order chi connectivity index (χ1) is 12.5. The largest absolute Gasteiger partial charge is 0.481 e. The summed E-state index contributed by atoms with van der Waals surface area (Å²) in [6.07, 6.45) is 7.28. The molecule has 1 atom stereocenters. The number of nitrogens with zero attached hydrogens (tertiary/aromatic N) is 4. The Bertz CT molecular complexity index is 656. The molecule has 0 saturated heterocycles. The number of furan rings is 1. The van der Waals surface area contributed by atoms with Gasteiger partial charge in [0.1, 0.15) is 5.76 Å². The maximum atomic E-state index is 10.8. The zero-order valence-corrected chi connectivity index (χ0v) is 15.6. The molecule has 0 aliphatic rings. The SMILES string of the molecule is CCCCCn1nnnc1C(C)(CCCCC(=O)O)NCc1ccco1. The highest BCUT2D eigenvalue weighted by Gasteiger charge is 2.32. The smallest absolute Gasteiger partial charge is 0.303 e. The summed E-state index contributed by atoms with van der Waals surface area (Å²) in [5.41, 5.74) is -0.457. The number of hydrogen-bond donors (Lipinski definition) is 2. The molecule has 8 nitrogen and oxygen atoms in total. The van der Waals surface area contributed by atoms with Gasteiger partial charge in [0.25, 0.3) is 0 Å². The van der Waals surface area contributed by atoms with E-state index in [4.69, 9.17) is 9.52 Å². The van der Waals surface area contributed by atoms with Gasteiger partial charge >= 0.3 is 5.97 Å². The minimum atomic E-state index is -0.764. The van der Waals surface area contributed by atoms with Gasteiger partial charge in [0.05, 0.1) is 18.3 Å². The molecule has 144 valence electrons. The Hall–Kier alpha value is -2.22. The average molecular weight is 363 g/mol. The fraction of sp³-hybridized carbons (Fsp3) is 0.667.